The van der Waals surface area contributed by atoms with E-state index in [1.54, 1.807) is 42.5 Å². The molecular formula is C30H37N3O5S. The standard InChI is InChI=1S/C30H37N3O5S/c1-4-21-31-30(35)28(5-2)32(22-24-13-9-7-10-14-24)29(34)23-33(25-15-11-8-12-16-25)39(36,37)27-19-17-26(18-20-27)38-6-3/h7-20,28H,4-6,21-23H2,1-3H3,(H,31,35)/t28-/m0/s1. The Labute approximate surface area is 231 Å². The van der Waals surface area contributed by atoms with E-state index in [-0.39, 0.29) is 17.3 Å². The molecule has 3 aromatic carbocycles. The predicted octanol–water partition coefficient (Wildman–Crippen LogP) is 4.61. The zero-order valence-corrected chi connectivity index (χ0v) is 23.6. The molecule has 9 heteroatoms. The van der Waals surface area contributed by atoms with Gasteiger partial charge in [0, 0.05) is 13.1 Å². The average Bonchev–Trinajstić information content (AvgIpc) is 2.96. The van der Waals surface area contributed by atoms with Crippen molar-refractivity contribution >= 4 is 27.5 Å². The minimum absolute atomic E-state index is 0.0324. The lowest BCUT2D eigenvalue weighted by atomic mass is 10.1. The second kappa shape index (κ2) is 14.3. The summed E-state index contributed by atoms with van der Waals surface area (Å²) in [4.78, 5) is 28.5. The summed E-state index contributed by atoms with van der Waals surface area (Å²) in [7, 11) is -4.12. The van der Waals surface area contributed by atoms with Crippen LogP contribution in [0.3, 0.4) is 0 Å². The Morgan fingerprint density at radius 1 is 0.872 bits per heavy atom. The lowest BCUT2D eigenvalue weighted by Crippen LogP contribution is -2.52. The van der Waals surface area contributed by atoms with Gasteiger partial charge in [0.05, 0.1) is 17.2 Å². The first kappa shape index (κ1) is 29.7. The maximum absolute atomic E-state index is 13.9. The smallest absolute Gasteiger partial charge is 0.264 e. The highest BCUT2D eigenvalue weighted by Crippen LogP contribution is 2.26. The van der Waals surface area contributed by atoms with Crippen molar-refractivity contribution in [3.8, 4) is 5.75 Å². The molecule has 0 radical (unpaired) electrons. The van der Waals surface area contributed by atoms with Gasteiger partial charge < -0.3 is 15.0 Å². The molecule has 0 saturated heterocycles. The Morgan fingerprint density at radius 3 is 2.05 bits per heavy atom. The SMILES string of the molecule is CCCNC(=O)[C@H](CC)N(Cc1ccccc1)C(=O)CN(c1ccccc1)S(=O)(=O)c1ccc(OCC)cc1. The second-order valence-corrected chi connectivity index (χ2v) is 10.8. The first-order valence-corrected chi connectivity index (χ1v) is 14.7. The largest absolute Gasteiger partial charge is 0.494 e. The van der Waals surface area contributed by atoms with Crippen molar-refractivity contribution in [3.63, 3.8) is 0 Å². The van der Waals surface area contributed by atoms with Gasteiger partial charge in [0.2, 0.25) is 11.8 Å². The molecule has 1 N–H and O–H groups in total. The normalized spacial score (nSPS) is 11.9. The molecule has 0 unspecified atom stereocenters. The second-order valence-electron chi connectivity index (χ2n) is 8.97. The van der Waals surface area contributed by atoms with Crippen LogP contribution in [0.5, 0.6) is 5.75 Å². The number of carbonyl (C=O) groups excluding carboxylic acids is 2. The summed E-state index contributed by atoms with van der Waals surface area (Å²) in [5, 5.41) is 2.88. The molecule has 0 aliphatic carbocycles. The van der Waals surface area contributed by atoms with Gasteiger partial charge in [-0.05, 0) is 61.7 Å². The average molecular weight is 552 g/mol. The Balaban J connectivity index is 2.00. The molecule has 0 spiro atoms. The summed E-state index contributed by atoms with van der Waals surface area (Å²) in [6.45, 7) is 6.29. The molecule has 0 aliphatic heterocycles. The highest BCUT2D eigenvalue weighted by molar-refractivity contribution is 7.92. The lowest BCUT2D eigenvalue weighted by molar-refractivity contribution is -0.140. The number of amides is 2. The number of nitrogens with one attached hydrogen (secondary N) is 1. The number of nitrogens with zero attached hydrogens (tertiary/aromatic N) is 2. The van der Waals surface area contributed by atoms with Crippen molar-refractivity contribution in [2.75, 3.05) is 24.0 Å². The van der Waals surface area contributed by atoms with Crippen LogP contribution >= 0.6 is 0 Å². The quantitative estimate of drug-likeness (QED) is 0.316. The molecule has 39 heavy (non-hydrogen) atoms. The van der Waals surface area contributed by atoms with E-state index in [9.17, 15) is 18.0 Å². The first-order valence-electron chi connectivity index (χ1n) is 13.2. The number of hydrogen-bond donors (Lipinski definition) is 1. The number of benzene rings is 3. The third-order valence-corrected chi connectivity index (χ3v) is 7.96. The van der Waals surface area contributed by atoms with Gasteiger partial charge in [-0.25, -0.2) is 8.42 Å². The molecule has 3 aromatic rings. The molecule has 8 nitrogen and oxygen atoms in total. The summed E-state index contributed by atoms with van der Waals surface area (Å²) in [5.41, 5.74) is 1.19. The Kier molecular flexibility index (Phi) is 10.9. The molecule has 0 aromatic heterocycles. The van der Waals surface area contributed by atoms with E-state index >= 15 is 0 Å². The van der Waals surface area contributed by atoms with Gasteiger partial charge in [-0.3, -0.25) is 13.9 Å². The van der Waals surface area contributed by atoms with Crippen LogP contribution in [-0.2, 0) is 26.2 Å². The number of sulfonamides is 1. The third-order valence-electron chi connectivity index (χ3n) is 6.18. The molecule has 0 fully saturated rings. The van der Waals surface area contributed by atoms with Crippen LogP contribution in [0, 0.1) is 0 Å². The third kappa shape index (κ3) is 7.83. The van der Waals surface area contributed by atoms with E-state index in [1.165, 1.54) is 17.0 Å². The van der Waals surface area contributed by atoms with Gasteiger partial charge in [0.25, 0.3) is 10.0 Å². The summed E-state index contributed by atoms with van der Waals surface area (Å²) in [5.74, 6) is -0.184. The van der Waals surface area contributed by atoms with Crippen LogP contribution in [-0.4, -0.2) is 50.9 Å². The fourth-order valence-corrected chi connectivity index (χ4v) is 5.60. The van der Waals surface area contributed by atoms with E-state index < -0.39 is 28.5 Å². The maximum Gasteiger partial charge on any atom is 0.264 e. The van der Waals surface area contributed by atoms with Crippen LogP contribution in [0.4, 0.5) is 5.69 Å². The van der Waals surface area contributed by atoms with Gasteiger partial charge in [0.1, 0.15) is 18.3 Å². The van der Waals surface area contributed by atoms with Crippen molar-refractivity contribution < 1.29 is 22.7 Å². The van der Waals surface area contributed by atoms with Crippen LogP contribution < -0.4 is 14.4 Å². The van der Waals surface area contributed by atoms with Gasteiger partial charge >= 0.3 is 0 Å². The van der Waals surface area contributed by atoms with Gasteiger partial charge in [-0.2, -0.15) is 0 Å². The van der Waals surface area contributed by atoms with Gasteiger partial charge in [-0.15, -0.1) is 0 Å². The molecule has 0 heterocycles. The summed E-state index contributed by atoms with van der Waals surface area (Å²) < 4.78 is 34.3. The van der Waals surface area contributed by atoms with Crippen molar-refractivity contribution in [3.05, 3.63) is 90.5 Å². The summed E-state index contributed by atoms with van der Waals surface area (Å²) in [6.07, 6.45) is 1.14. The number of rotatable bonds is 14. The van der Waals surface area contributed by atoms with Crippen molar-refractivity contribution in [2.45, 2.75) is 51.1 Å². The summed E-state index contributed by atoms with van der Waals surface area (Å²) >= 11 is 0. The highest BCUT2D eigenvalue weighted by atomic mass is 32.2. The number of hydrogen-bond acceptors (Lipinski definition) is 5. The topological polar surface area (TPSA) is 96.0 Å². The Morgan fingerprint density at radius 2 is 1.49 bits per heavy atom. The molecule has 0 bridgehead atoms. The minimum atomic E-state index is -4.12. The van der Waals surface area contributed by atoms with E-state index in [0.29, 0.717) is 31.0 Å². The Hall–Kier alpha value is -3.85. The summed E-state index contributed by atoms with van der Waals surface area (Å²) in [6, 6.07) is 23.2. The fourth-order valence-electron chi connectivity index (χ4n) is 4.19. The lowest BCUT2D eigenvalue weighted by Gasteiger charge is -2.33. The number of para-hydroxylation sites is 1. The van der Waals surface area contributed by atoms with Crippen LogP contribution in [0.25, 0.3) is 0 Å². The molecular weight excluding hydrogens is 514 g/mol. The van der Waals surface area contributed by atoms with Crippen molar-refractivity contribution in [1.82, 2.24) is 10.2 Å². The minimum Gasteiger partial charge on any atom is -0.494 e. The number of ether oxygens (including phenoxy) is 1. The molecule has 2 amide bonds. The van der Waals surface area contributed by atoms with Crippen LogP contribution in [0.2, 0.25) is 0 Å². The van der Waals surface area contributed by atoms with E-state index in [0.717, 1.165) is 16.3 Å². The predicted molar refractivity (Wildman–Crippen MR) is 153 cm³/mol. The van der Waals surface area contributed by atoms with Crippen LogP contribution in [0.1, 0.15) is 39.2 Å². The zero-order valence-electron chi connectivity index (χ0n) is 22.7. The zero-order chi connectivity index (χ0) is 28.3. The van der Waals surface area contributed by atoms with E-state index in [1.807, 2.05) is 51.1 Å². The van der Waals surface area contributed by atoms with E-state index in [4.69, 9.17) is 4.74 Å². The van der Waals surface area contributed by atoms with Crippen molar-refractivity contribution in [2.24, 2.45) is 0 Å². The molecule has 1 atom stereocenters. The number of anilines is 1. The fraction of sp³-hybridized carbons (Fsp3) is 0.333. The first-order chi connectivity index (χ1) is 18.8. The molecule has 0 aliphatic rings. The molecule has 0 saturated carbocycles. The van der Waals surface area contributed by atoms with Gasteiger partial charge in [0.15, 0.2) is 0 Å². The van der Waals surface area contributed by atoms with Crippen LogP contribution in [0.15, 0.2) is 89.8 Å². The van der Waals surface area contributed by atoms with E-state index in [2.05, 4.69) is 5.32 Å². The Bertz CT molecular complexity index is 1300. The monoisotopic (exact) mass is 551 g/mol. The maximum atomic E-state index is 13.9. The molecule has 3 rings (SSSR count). The van der Waals surface area contributed by atoms with Crippen molar-refractivity contribution in [1.29, 1.82) is 0 Å². The number of carbonyl (C=O) groups is 2. The molecule has 208 valence electrons. The van der Waals surface area contributed by atoms with Gasteiger partial charge in [-0.1, -0.05) is 62.4 Å². The highest BCUT2D eigenvalue weighted by Gasteiger charge is 2.33.